The van der Waals surface area contributed by atoms with E-state index in [0.717, 1.165) is 58.8 Å². The van der Waals surface area contributed by atoms with Gasteiger partial charge in [-0.2, -0.15) is 5.10 Å². The second kappa shape index (κ2) is 7.13. The maximum absolute atomic E-state index is 5.67. The van der Waals surface area contributed by atoms with Crippen LogP contribution in [0.25, 0.3) is 16.6 Å². The van der Waals surface area contributed by atoms with Gasteiger partial charge in [0.1, 0.15) is 11.4 Å². The van der Waals surface area contributed by atoms with E-state index in [0.29, 0.717) is 0 Å². The molecular formula is C20H26N4O. The van der Waals surface area contributed by atoms with Crippen LogP contribution in [0.4, 0.5) is 5.69 Å². The van der Waals surface area contributed by atoms with E-state index in [-0.39, 0.29) is 0 Å². The summed E-state index contributed by atoms with van der Waals surface area (Å²) in [7, 11) is 3.78. The zero-order chi connectivity index (χ0) is 18.0. The average molecular weight is 338 g/mol. The molecule has 5 heteroatoms. The lowest BCUT2D eigenvalue weighted by Crippen LogP contribution is -2.16. The van der Waals surface area contributed by atoms with Crippen molar-refractivity contribution in [3.05, 3.63) is 41.9 Å². The topological polar surface area (TPSA) is 43.2 Å². The smallest absolute Gasteiger partial charge is 0.146 e. The number of pyridine rings is 1. The highest BCUT2D eigenvalue weighted by atomic mass is 16.5. The summed E-state index contributed by atoms with van der Waals surface area (Å²) in [6.07, 6.45) is 3.98. The molecule has 0 aliphatic rings. The number of hydrogen-bond acceptors (Lipinski definition) is 4. The number of aryl methyl sites for hydroxylation is 2. The number of ether oxygens (including phenoxy) is 1. The Morgan fingerprint density at radius 2 is 2.00 bits per heavy atom. The zero-order valence-corrected chi connectivity index (χ0v) is 15.7. The summed E-state index contributed by atoms with van der Waals surface area (Å²) in [5.74, 6) is 0.816. The Bertz CT molecular complexity index is 885. The van der Waals surface area contributed by atoms with E-state index in [1.807, 2.05) is 17.8 Å². The molecule has 25 heavy (non-hydrogen) atoms. The molecule has 1 aromatic carbocycles. The van der Waals surface area contributed by atoms with Crippen LogP contribution in [0.15, 0.2) is 30.5 Å². The summed E-state index contributed by atoms with van der Waals surface area (Å²) >= 11 is 0. The third-order valence-corrected chi connectivity index (χ3v) is 4.62. The third-order valence-electron chi connectivity index (χ3n) is 4.62. The fourth-order valence-electron chi connectivity index (χ4n) is 3.04. The molecule has 0 amide bonds. The van der Waals surface area contributed by atoms with Crippen molar-refractivity contribution in [2.45, 2.75) is 33.6 Å². The van der Waals surface area contributed by atoms with Gasteiger partial charge in [-0.25, -0.2) is 4.68 Å². The van der Waals surface area contributed by atoms with Gasteiger partial charge in [-0.15, -0.1) is 0 Å². The molecule has 0 saturated heterocycles. The average Bonchev–Trinajstić information content (AvgIpc) is 2.96. The maximum Gasteiger partial charge on any atom is 0.146 e. The van der Waals surface area contributed by atoms with E-state index in [9.17, 15) is 0 Å². The second-order valence-electron chi connectivity index (χ2n) is 6.31. The summed E-state index contributed by atoms with van der Waals surface area (Å²) in [5, 5.41) is 5.83. The van der Waals surface area contributed by atoms with Crippen molar-refractivity contribution in [1.29, 1.82) is 0 Å². The van der Waals surface area contributed by atoms with Gasteiger partial charge in [0.2, 0.25) is 0 Å². The highest BCUT2D eigenvalue weighted by molar-refractivity contribution is 5.83. The molecule has 0 bridgehead atoms. The molecule has 0 N–H and O–H groups in total. The van der Waals surface area contributed by atoms with Gasteiger partial charge in [0.05, 0.1) is 18.3 Å². The van der Waals surface area contributed by atoms with Gasteiger partial charge in [0, 0.05) is 42.6 Å². The van der Waals surface area contributed by atoms with Crippen LogP contribution in [0.1, 0.15) is 31.7 Å². The lowest BCUT2D eigenvalue weighted by atomic mass is 10.2. The van der Waals surface area contributed by atoms with E-state index >= 15 is 0 Å². The molecule has 0 radical (unpaired) electrons. The minimum absolute atomic E-state index is 0.816. The molecule has 2 aromatic heterocycles. The Hall–Kier alpha value is -2.56. The lowest BCUT2D eigenvalue weighted by Gasteiger charge is -2.19. The predicted molar refractivity (Wildman–Crippen MR) is 103 cm³/mol. The number of rotatable bonds is 6. The van der Waals surface area contributed by atoms with E-state index in [1.165, 1.54) is 0 Å². The van der Waals surface area contributed by atoms with Gasteiger partial charge < -0.3 is 9.64 Å². The van der Waals surface area contributed by atoms with E-state index < -0.39 is 0 Å². The summed E-state index contributed by atoms with van der Waals surface area (Å²) in [6, 6.07) is 8.39. The van der Waals surface area contributed by atoms with Gasteiger partial charge >= 0.3 is 0 Å². The zero-order valence-electron chi connectivity index (χ0n) is 15.7. The summed E-state index contributed by atoms with van der Waals surface area (Å²) in [4.78, 5) is 6.75. The van der Waals surface area contributed by atoms with Crippen molar-refractivity contribution >= 4 is 16.6 Å². The summed E-state index contributed by atoms with van der Waals surface area (Å²) < 4.78 is 7.64. The minimum Gasteiger partial charge on any atom is -0.494 e. The van der Waals surface area contributed by atoms with Crippen LogP contribution in [0.3, 0.4) is 0 Å². The standard InChI is InChI=1S/C20H26N4O/c1-6-8-15-11-19-17(13-21-15)14(3)22-24(19)18-10-9-16(23(4)7-2)12-20(18)25-5/h9-13H,6-8H2,1-5H3. The molecule has 0 spiro atoms. The highest BCUT2D eigenvalue weighted by Crippen LogP contribution is 2.31. The highest BCUT2D eigenvalue weighted by Gasteiger charge is 2.15. The monoisotopic (exact) mass is 338 g/mol. The fourth-order valence-corrected chi connectivity index (χ4v) is 3.04. The lowest BCUT2D eigenvalue weighted by molar-refractivity contribution is 0.412. The Kier molecular flexibility index (Phi) is 4.93. The number of methoxy groups -OCH3 is 1. The molecule has 0 saturated carbocycles. The molecule has 5 nitrogen and oxygen atoms in total. The Morgan fingerprint density at radius 3 is 2.68 bits per heavy atom. The molecule has 0 unspecified atom stereocenters. The normalized spacial score (nSPS) is 11.1. The molecule has 0 aliphatic heterocycles. The number of nitrogens with zero attached hydrogens (tertiary/aromatic N) is 4. The van der Waals surface area contributed by atoms with Gasteiger partial charge in [-0.3, -0.25) is 4.98 Å². The third kappa shape index (κ3) is 3.18. The number of hydrogen-bond donors (Lipinski definition) is 0. The molecule has 132 valence electrons. The number of benzene rings is 1. The second-order valence-corrected chi connectivity index (χ2v) is 6.31. The van der Waals surface area contributed by atoms with Crippen molar-refractivity contribution in [2.24, 2.45) is 0 Å². The van der Waals surface area contributed by atoms with Crippen molar-refractivity contribution in [3.63, 3.8) is 0 Å². The molecule has 0 aliphatic carbocycles. The largest absolute Gasteiger partial charge is 0.494 e. The molecule has 0 atom stereocenters. The Labute approximate surface area is 149 Å². The van der Waals surface area contributed by atoms with Crippen LogP contribution in [0.5, 0.6) is 5.75 Å². The maximum atomic E-state index is 5.67. The molecular weight excluding hydrogens is 312 g/mol. The first-order valence-corrected chi connectivity index (χ1v) is 8.82. The summed E-state index contributed by atoms with van der Waals surface area (Å²) in [5.41, 5.74) is 5.22. The molecule has 3 rings (SSSR count). The van der Waals surface area contributed by atoms with Crippen LogP contribution in [0.2, 0.25) is 0 Å². The van der Waals surface area contributed by atoms with Crippen molar-refractivity contribution in [3.8, 4) is 11.4 Å². The summed E-state index contributed by atoms with van der Waals surface area (Å²) in [6.45, 7) is 7.26. The number of fused-ring (bicyclic) bond motifs is 1. The fraction of sp³-hybridized carbons (Fsp3) is 0.400. The van der Waals surface area contributed by atoms with Gasteiger partial charge in [0.25, 0.3) is 0 Å². The SMILES string of the molecule is CCCc1cc2c(cn1)c(C)nn2-c1ccc(N(C)CC)cc1OC. The first-order valence-electron chi connectivity index (χ1n) is 8.82. The quantitative estimate of drug-likeness (QED) is 0.677. The van der Waals surface area contributed by atoms with Crippen LogP contribution in [-0.4, -0.2) is 35.5 Å². The van der Waals surface area contributed by atoms with Gasteiger partial charge in [0.15, 0.2) is 0 Å². The minimum atomic E-state index is 0.816. The van der Waals surface area contributed by atoms with E-state index in [2.05, 4.69) is 55.0 Å². The van der Waals surface area contributed by atoms with E-state index in [1.54, 1.807) is 7.11 Å². The Morgan fingerprint density at radius 1 is 1.20 bits per heavy atom. The van der Waals surface area contributed by atoms with Crippen LogP contribution >= 0.6 is 0 Å². The van der Waals surface area contributed by atoms with E-state index in [4.69, 9.17) is 9.84 Å². The van der Waals surface area contributed by atoms with Gasteiger partial charge in [-0.1, -0.05) is 13.3 Å². The number of aromatic nitrogens is 3. The predicted octanol–water partition coefficient (Wildman–Crippen LogP) is 4.15. The van der Waals surface area contributed by atoms with Crippen LogP contribution in [0, 0.1) is 6.92 Å². The van der Waals surface area contributed by atoms with Crippen molar-refractivity contribution < 1.29 is 4.74 Å². The van der Waals surface area contributed by atoms with Crippen LogP contribution < -0.4 is 9.64 Å². The molecule has 0 fully saturated rings. The van der Waals surface area contributed by atoms with Gasteiger partial charge in [-0.05, 0) is 38.5 Å². The number of anilines is 1. The molecule has 2 heterocycles. The van der Waals surface area contributed by atoms with Crippen LogP contribution in [-0.2, 0) is 6.42 Å². The first kappa shape index (κ1) is 17.3. The first-order chi connectivity index (χ1) is 12.1. The molecule has 3 aromatic rings. The Balaban J connectivity index is 2.16. The van der Waals surface area contributed by atoms with Crippen molar-refractivity contribution in [2.75, 3.05) is 25.6 Å². The van der Waals surface area contributed by atoms with Crippen molar-refractivity contribution in [1.82, 2.24) is 14.8 Å².